The van der Waals surface area contributed by atoms with E-state index in [1.165, 1.54) is 11.3 Å². The lowest BCUT2D eigenvalue weighted by Gasteiger charge is -1.83. The molecule has 2 heterocycles. The summed E-state index contributed by atoms with van der Waals surface area (Å²) in [6.45, 7) is 0.0233. The molecule has 5 nitrogen and oxygen atoms in total. The average Bonchev–Trinajstić information content (AvgIpc) is 2.75. The third kappa shape index (κ3) is 1.21. The van der Waals surface area contributed by atoms with E-state index in [2.05, 4.69) is 20.4 Å². The van der Waals surface area contributed by atoms with Gasteiger partial charge in [0.2, 0.25) is 0 Å². The Morgan fingerprint density at radius 2 is 2.42 bits per heavy atom. The lowest BCUT2D eigenvalue weighted by atomic mass is 10.5. The van der Waals surface area contributed by atoms with Gasteiger partial charge >= 0.3 is 0 Å². The normalized spacial score (nSPS) is 10.4. The minimum atomic E-state index is 0.0233. The lowest BCUT2D eigenvalue weighted by molar-refractivity contribution is 0.285. The summed E-state index contributed by atoms with van der Waals surface area (Å²) in [5, 5.41) is 19.6. The zero-order valence-electron chi connectivity index (χ0n) is 6.06. The van der Waals surface area contributed by atoms with Crippen LogP contribution in [0.15, 0.2) is 12.4 Å². The zero-order chi connectivity index (χ0) is 8.39. The van der Waals surface area contributed by atoms with E-state index in [0.717, 1.165) is 9.88 Å². The van der Waals surface area contributed by atoms with Crippen molar-refractivity contribution in [1.82, 2.24) is 20.4 Å². The van der Waals surface area contributed by atoms with Gasteiger partial charge in [0.05, 0.1) is 17.7 Å². The summed E-state index contributed by atoms with van der Waals surface area (Å²) in [5.74, 6) is 0. The molecule has 0 bridgehead atoms. The van der Waals surface area contributed by atoms with Crippen LogP contribution in [0, 0.1) is 0 Å². The van der Waals surface area contributed by atoms with Gasteiger partial charge in [-0.2, -0.15) is 15.4 Å². The van der Waals surface area contributed by atoms with Gasteiger partial charge in [0, 0.05) is 6.20 Å². The molecule has 0 saturated carbocycles. The summed E-state index contributed by atoms with van der Waals surface area (Å²) in [5.41, 5.74) is 0.708. The van der Waals surface area contributed by atoms with Crippen LogP contribution < -0.4 is 0 Å². The van der Waals surface area contributed by atoms with E-state index >= 15 is 0 Å². The smallest absolute Gasteiger partial charge is 0.145 e. The first-order chi connectivity index (χ1) is 5.90. The van der Waals surface area contributed by atoms with Gasteiger partial charge in [-0.15, -0.1) is 11.3 Å². The van der Waals surface area contributed by atoms with Gasteiger partial charge in [0.15, 0.2) is 0 Å². The van der Waals surface area contributed by atoms with Crippen LogP contribution in [0.25, 0.3) is 10.7 Å². The van der Waals surface area contributed by atoms with Crippen molar-refractivity contribution in [2.45, 2.75) is 6.61 Å². The molecule has 0 aromatic carbocycles. The van der Waals surface area contributed by atoms with Crippen molar-refractivity contribution in [2.75, 3.05) is 0 Å². The Morgan fingerprint density at radius 1 is 1.50 bits per heavy atom. The number of nitrogens with one attached hydrogen (secondary N) is 1. The SMILES string of the molecule is OCc1cnc(-c2cn[nH]n2)s1. The fraction of sp³-hybridized carbons (Fsp3) is 0.167. The van der Waals surface area contributed by atoms with Crippen LogP contribution in [-0.4, -0.2) is 25.5 Å². The van der Waals surface area contributed by atoms with Gasteiger partial charge in [0.1, 0.15) is 10.7 Å². The standard InChI is InChI=1S/C6H6N4OS/c11-3-4-1-7-6(12-4)5-2-8-10-9-5/h1-2,11H,3H2,(H,8,9,10). The fourth-order valence-electron chi connectivity index (χ4n) is 0.804. The molecule has 0 saturated heterocycles. The van der Waals surface area contributed by atoms with Crippen LogP contribution in [0.2, 0.25) is 0 Å². The number of nitrogens with zero attached hydrogens (tertiary/aromatic N) is 3. The topological polar surface area (TPSA) is 74.7 Å². The molecule has 0 aliphatic carbocycles. The number of aromatic amines is 1. The monoisotopic (exact) mass is 182 g/mol. The molecule has 0 unspecified atom stereocenters. The summed E-state index contributed by atoms with van der Waals surface area (Å²) >= 11 is 1.41. The predicted octanol–water partition coefficient (Wildman–Crippen LogP) is 0.420. The van der Waals surface area contributed by atoms with Crippen LogP contribution in [0.4, 0.5) is 0 Å². The van der Waals surface area contributed by atoms with Crippen LogP contribution >= 0.6 is 11.3 Å². The van der Waals surface area contributed by atoms with Crippen LogP contribution in [0.3, 0.4) is 0 Å². The minimum Gasteiger partial charge on any atom is -0.391 e. The van der Waals surface area contributed by atoms with Gasteiger partial charge in [-0.25, -0.2) is 4.98 Å². The summed E-state index contributed by atoms with van der Waals surface area (Å²) < 4.78 is 0. The van der Waals surface area contributed by atoms with Crippen molar-refractivity contribution in [1.29, 1.82) is 0 Å². The zero-order valence-corrected chi connectivity index (χ0v) is 6.88. The number of hydrogen-bond acceptors (Lipinski definition) is 5. The Hall–Kier alpha value is -1.27. The average molecular weight is 182 g/mol. The molecular weight excluding hydrogens is 176 g/mol. The van der Waals surface area contributed by atoms with Crippen LogP contribution in [-0.2, 0) is 6.61 Å². The largest absolute Gasteiger partial charge is 0.391 e. The van der Waals surface area contributed by atoms with Crippen molar-refractivity contribution < 1.29 is 5.11 Å². The van der Waals surface area contributed by atoms with E-state index in [1.807, 2.05) is 0 Å². The number of aromatic nitrogens is 4. The number of hydrogen-bond donors (Lipinski definition) is 2. The number of H-pyrrole nitrogens is 1. The molecule has 0 amide bonds. The third-order valence-corrected chi connectivity index (χ3v) is 2.35. The van der Waals surface area contributed by atoms with E-state index in [9.17, 15) is 0 Å². The molecular formula is C6H6N4OS. The van der Waals surface area contributed by atoms with Crippen molar-refractivity contribution >= 4 is 11.3 Å². The highest BCUT2D eigenvalue weighted by atomic mass is 32.1. The van der Waals surface area contributed by atoms with Gasteiger partial charge in [0.25, 0.3) is 0 Å². The summed E-state index contributed by atoms with van der Waals surface area (Å²) in [6, 6.07) is 0. The lowest BCUT2D eigenvalue weighted by Crippen LogP contribution is -1.73. The Morgan fingerprint density at radius 3 is 3.00 bits per heavy atom. The maximum atomic E-state index is 8.78. The second-order valence-corrected chi connectivity index (χ2v) is 3.26. The maximum Gasteiger partial charge on any atom is 0.145 e. The Kier molecular flexibility index (Phi) is 1.84. The number of aliphatic hydroxyl groups is 1. The van der Waals surface area contributed by atoms with E-state index in [0.29, 0.717) is 5.69 Å². The second-order valence-electron chi connectivity index (χ2n) is 2.15. The molecule has 2 aromatic heterocycles. The second kappa shape index (κ2) is 3.00. The molecule has 6 heteroatoms. The van der Waals surface area contributed by atoms with Crippen molar-refractivity contribution in [3.8, 4) is 10.7 Å². The van der Waals surface area contributed by atoms with Gasteiger partial charge < -0.3 is 5.11 Å². The van der Waals surface area contributed by atoms with Crippen molar-refractivity contribution in [3.05, 3.63) is 17.3 Å². The van der Waals surface area contributed by atoms with E-state index < -0.39 is 0 Å². The molecule has 0 spiro atoms. The highest BCUT2D eigenvalue weighted by Gasteiger charge is 2.05. The Labute approximate surface area is 72.1 Å². The molecule has 0 atom stereocenters. The number of thiazole rings is 1. The van der Waals surface area contributed by atoms with Crippen molar-refractivity contribution in [2.24, 2.45) is 0 Å². The third-order valence-electron chi connectivity index (χ3n) is 1.34. The Balaban J connectivity index is 2.35. The summed E-state index contributed by atoms with van der Waals surface area (Å²) in [7, 11) is 0. The highest BCUT2D eigenvalue weighted by molar-refractivity contribution is 7.14. The Bertz CT molecular complexity index is 355. The first-order valence-corrected chi connectivity index (χ1v) is 4.13. The molecule has 0 aliphatic heterocycles. The van der Waals surface area contributed by atoms with Gasteiger partial charge in [-0.3, -0.25) is 0 Å². The van der Waals surface area contributed by atoms with E-state index in [4.69, 9.17) is 5.11 Å². The molecule has 62 valence electrons. The van der Waals surface area contributed by atoms with Crippen LogP contribution in [0.5, 0.6) is 0 Å². The van der Waals surface area contributed by atoms with Gasteiger partial charge in [-0.1, -0.05) is 0 Å². The molecule has 2 rings (SSSR count). The van der Waals surface area contributed by atoms with Gasteiger partial charge in [-0.05, 0) is 0 Å². The highest BCUT2D eigenvalue weighted by Crippen LogP contribution is 2.21. The first-order valence-electron chi connectivity index (χ1n) is 3.32. The minimum absolute atomic E-state index is 0.0233. The molecule has 2 aromatic rings. The molecule has 12 heavy (non-hydrogen) atoms. The summed E-state index contributed by atoms with van der Waals surface area (Å²) in [6.07, 6.45) is 3.23. The maximum absolute atomic E-state index is 8.78. The fourth-order valence-corrected chi connectivity index (χ4v) is 1.53. The molecule has 0 radical (unpaired) electrons. The predicted molar refractivity (Wildman–Crippen MR) is 43.4 cm³/mol. The van der Waals surface area contributed by atoms with Crippen molar-refractivity contribution in [3.63, 3.8) is 0 Å². The first kappa shape index (κ1) is 7.38. The number of aliphatic hydroxyl groups excluding tert-OH is 1. The number of rotatable bonds is 2. The summed E-state index contributed by atoms with van der Waals surface area (Å²) in [4.78, 5) is 4.89. The molecule has 0 aliphatic rings. The molecule has 0 fully saturated rings. The van der Waals surface area contributed by atoms with E-state index in [1.54, 1.807) is 12.4 Å². The molecule has 2 N–H and O–H groups in total. The quantitative estimate of drug-likeness (QED) is 0.705. The van der Waals surface area contributed by atoms with E-state index in [-0.39, 0.29) is 6.61 Å². The van der Waals surface area contributed by atoms with Crippen LogP contribution in [0.1, 0.15) is 4.88 Å².